The lowest BCUT2D eigenvalue weighted by Gasteiger charge is -2.30. The zero-order valence-corrected chi connectivity index (χ0v) is 18.7. The van der Waals surface area contributed by atoms with Crippen LogP contribution in [0.3, 0.4) is 0 Å². The van der Waals surface area contributed by atoms with Crippen LogP contribution < -0.4 is 5.32 Å². The summed E-state index contributed by atoms with van der Waals surface area (Å²) in [6.07, 6.45) is 5.19. The molecule has 26 heavy (non-hydrogen) atoms. The molecule has 146 valence electrons. The molecule has 1 unspecified atom stereocenters. The quantitative estimate of drug-likeness (QED) is 0.390. The molecule has 1 aromatic carbocycles. The van der Waals surface area contributed by atoms with Gasteiger partial charge in [0.25, 0.3) is 0 Å². The lowest BCUT2D eigenvalue weighted by Crippen LogP contribution is -2.40. The fourth-order valence-electron chi connectivity index (χ4n) is 3.93. The number of likely N-dealkylation sites (tertiary alicyclic amines) is 2. The maximum Gasteiger partial charge on any atom is 0.198 e. The monoisotopic (exact) mass is 470 g/mol. The first-order chi connectivity index (χ1) is 12.2. The fourth-order valence-corrected chi connectivity index (χ4v) is 3.93. The Morgan fingerprint density at radius 3 is 2.54 bits per heavy atom. The van der Waals surface area contributed by atoms with Crippen LogP contribution in [0, 0.1) is 11.8 Å². The van der Waals surface area contributed by atoms with Crippen molar-refractivity contribution in [2.45, 2.75) is 39.5 Å². The zero-order chi connectivity index (χ0) is 17.5. The van der Waals surface area contributed by atoms with Gasteiger partial charge in [-0.15, -0.1) is 24.0 Å². The number of halogens is 1. The van der Waals surface area contributed by atoms with Crippen molar-refractivity contribution in [3.05, 3.63) is 30.3 Å². The van der Waals surface area contributed by atoms with Crippen molar-refractivity contribution >= 4 is 35.6 Å². The van der Waals surface area contributed by atoms with Gasteiger partial charge >= 0.3 is 0 Å². The molecule has 2 aliphatic rings. The first-order valence-corrected chi connectivity index (χ1v) is 10.0. The molecular formula is C21H35IN4. The predicted octanol–water partition coefficient (Wildman–Crippen LogP) is 4.54. The lowest BCUT2D eigenvalue weighted by molar-refractivity contribution is 0.288. The van der Waals surface area contributed by atoms with Crippen molar-refractivity contribution in [2.75, 3.05) is 44.6 Å². The van der Waals surface area contributed by atoms with Gasteiger partial charge in [-0.05, 0) is 56.2 Å². The number of anilines is 1. The lowest BCUT2D eigenvalue weighted by atomic mass is 10.1. The average Bonchev–Trinajstić information content (AvgIpc) is 3.07. The van der Waals surface area contributed by atoms with Crippen LogP contribution in [0.2, 0.25) is 0 Å². The van der Waals surface area contributed by atoms with E-state index in [1.807, 2.05) is 0 Å². The van der Waals surface area contributed by atoms with Crippen molar-refractivity contribution in [3.63, 3.8) is 0 Å². The van der Waals surface area contributed by atoms with E-state index in [-0.39, 0.29) is 24.0 Å². The summed E-state index contributed by atoms with van der Waals surface area (Å²) in [6.45, 7) is 11.5. The van der Waals surface area contributed by atoms with E-state index in [2.05, 4.69) is 59.3 Å². The van der Waals surface area contributed by atoms with Gasteiger partial charge in [-0.3, -0.25) is 4.99 Å². The Bertz CT molecular complexity index is 540. The minimum Gasteiger partial charge on any atom is -0.343 e. The SMILES string of the molecule is CC(C)CN1CCC(CN=C(Nc2ccccc2)N2CCCCC2)C1.I. The molecule has 2 aliphatic heterocycles. The van der Waals surface area contributed by atoms with E-state index in [4.69, 9.17) is 4.99 Å². The summed E-state index contributed by atoms with van der Waals surface area (Å²) < 4.78 is 0. The molecule has 4 nitrogen and oxygen atoms in total. The molecule has 2 heterocycles. The summed E-state index contributed by atoms with van der Waals surface area (Å²) in [4.78, 5) is 10.1. The van der Waals surface area contributed by atoms with Gasteiger partial charge in [0, 0.05) is 38.4 Å². The number of aliphatic imine (C=N–C) groups is 1. The van der Waals surface area contributed by atoms with Crippen LogP contribution in [0.4, 0.5) is 5.69 Å². The normalized spacial score (nSPS) is 21.7. The van der Waals surface area contributed by atoms with Gasteiger partial charge in [0.05, 0.1) is 0 Å². The summed E-state index contributed by atoms with van der Waals surface area (Å²) in [5.41, 5.74) is 1.14. The zero-order valence-electron chi connectivity index (χ0n) is 16.4. The number of nitrogens with one attached hydrogen (secondary N) is 1. The van der Waals surface area contributed by atoms with Crippen molar-refractivity contribution in [1.82, 2.24) is 9.80 Å². The molecule has 0 spiro atoms. The van der Waals surface area contributed by atoms with Crippen molar-refractivity contribution in [3.8, 4) is 0 Å². The number of hydrogen-bond acceptors (Lipinski definition) is 2. The molecule has 0 amide bonds. The van der Waals surface area contributed by atoms with Crippen LogP contribution in [-0.2, 0) is 0 Å². The van der Waals surface area contributed by atoms with Crippen molar-refractivity contribution in [1.29, 1.82) is 0 Å². The molecule has 2 saturated heterocycles. The molecule has 0 aromatic heterocycles. The van der Waals surface area contributed by atoms with Gasteiger partial charge in [0.15, 0.2) is 5.96 Å². The van der Waals surface area contributed by atoms with Gasteiger partial charge in [-0.1, -0.05) is 32.0 Å². The predicted molar refractivity (Wildman–Crippen MR) is 123 cm³/mol. The van der Waals surface area contributed by atoms with Gasteiger partial charge in [-0.2, -0.15) is 0 Å². The first kappa shape index (κ1) is 21.5. The van der Waals surface area contributed by atoms with E-state index in [1.54, 1.807) is 0 Å². The smallest absolute Gasteiger partial charge is 0.198 e. The Morgan fingerprint density at radius 2 is 1.85 bits per heavy atom. The highest BCUT2D eigenvalue weighted by atomic mass is 127. The minimum atomic E-state index is 0. The number of piperidine rings is 1. The third-order valence-corrected chi connectivity index (χ3v) is 5.18. The largest absolute Gasteiger partial charge is 0.343 e. The summed E-state index contributed by atoms with van der Waals surface area (Å²) in [6, 6.07) is 10.5. The second-order valence-electron chi connectivity index (χ2n) is 8.01. The average molecular weight is 470 g/mol. The second kappa shape index (κ2) is 11.1. The standard InChI is InChI=1S/C21H34N4.HI/c1-18(2)16-24-14-11-19(17-24)15-22-21(25-12-7-4-8-13-25)23-20-9-5-3-6-10-20;/h3,5-6,9-10,18-19H,4,7-8,11-17H2,1-2H3,(H,22,23);1H. The summed E-state index contributed by atoms with van der Waals surface area (Å²) >= 11 is 0. The molecule has 2 fully saturated rings. The van der Waals surface area contributed by atoms with Gasteiger partial charge in [0.2, 0.25) is 0 Å². The molecule has 5 heteroatoms. The van der Waals surface area contributed by atoms with Crippen molar-refractivity contribution in [2.24, 2.45) is 16.8 Å². The van der Waals surface area contributed by atoms with E-state index >= 15 is 0 Å². The summed E-state index contributed by atoms with van der Waals surface area (Å²) in [5, 5.41) is 3.58. The van der Waals surface area contributed by atoms with Crippen LogP contribution in [0.1, 0.15) is 39.5 Å². The number of para-hydroxylation sites is 1. The fraction of sp³-hybridized carbons (Fsp3) is 0.667. The highest BCUT2D eigenvalue weighted by molar-refractivity contribution is 14.0. The minimum absolute atomic E-state index is 0. The van der Waals surface area contributed by atoms with Gasteiger partial charge < -0.3 is 15.1 Å². The Balaban J connectivity index is 0.00000243. The maximum absolute atomic E-state index is 5.04. The van der Waals surface area contributed by atoms with E-state index in [9.17, 15) is 0 Å². The van der Waals surface area contributed by atoms with E-state index in [0.717, 1.165) is 37.2 Å². The highest BCUT2D eigenvalue weighted by Crippen LogP contribution is 2.19. The number of nitrogens with zero attached hydrogens (tertiary/aromatic N) is 3. The van der Waals surface area contributed by atoms with E-state index in [0.29, 0.717) is 5.92 Å². The number of benzene rings is 1. The van der Waals surface area contributed by atoms with Gasteiger partial charge in [0.1, 0.15) is 0 Å². The highest BCUT2D eigenvalue weighted by Gasteiger charge is 2.23. The number of guanidine groups is 1. The first-order valence-electron chi connectivity index (χ1n) is 10.0. The van der Waals surface area contributed by atoms with Gasteiger partial charge in [-0.25, -0.2) is 0 Å². The van der Waals surface area contributed by atoms with E-state index < -0.39 is 0 Å². The molecule has 0 aliphatic carbocycles. The topological polar surface area (TPSA) is 30.9 Å². The molecule has 1 aromatic rings. The molecule has 0 saturated carbocycles. The Hall–Kier alpha value is -0.820. The molecule has 1 atom stereocenters. The van der Waals surface area contributed by atoms with Crippen LogP contribution in [0.25, 0.3) is 0 Å². The Morgan fingerprint density at radius 1 is 1.12 bits per heavy atom. The number of hydrogen-bond donors (Lipinski definition) is 1. The Labute approximate surface area is 176 Å². The third kappa shape index (κ3) is 6.72. The summed E-state index contributed by atoms with van der Waals surface area (Å²) in [7, 11) is 0. The van der Waals surface area contributed by atoms with Crippen LogP contribution in [0.15, 0.2) is 35.3 Å². The molecule has 1 N–H and O–H groups in total. The van der Waals surface area contributed by atoms with Crippen LogP contribution >= 0.6 is 24.0 Å². The van der Waals surface area contributed by atoms with Crippen LogP contribution in [-0.4, -0.2) is 55.0 Å². The molecular weight excluding hydrogens is 435 g/mol. The number of rotatable bonds is 5. The second-order valence-corrected chi connectivity index (χ2v) is 8.01. The van der Waals surface area contributed by atoms with E-state index in [1.165, 1.54) is 45.3 Å². The molecule has 0 bridgehead atoms. The Kier molecular flexibility index (Phi) is 9.19. The summed E-state index contributed by atoms with van der Waals surface area (Å²) in [5.74, 6) is 2.54. The third-order valence-electron chi connectivity index (χ3n) is 5.18. The molecule has 3 rings (SSSR count). The molecule has 0 radical (unpaired) electrons. The maximum atomic E-state index is 5.04. The van der Waals surface area contributed by atoms with Crippen molar-refractivity contribution < 1.29 is 0 Å². The van der Waals surface area contributed by atoms with Crippen LogP contribution in [0.5, 0.6) is 0 Å².